The summed E-state index contributed by atoms with van der Waals surface area (Å²) in [6.45, 7) is 2.09. The van der Waals surface area contributed by atoms with Gasteiger partial charge in [-0.05, 0) is 67.6 Å². The first-order valence-electron chi connectivity index (χ1n) is 10.0. The van der Waals surface area contributed by atoms with Gasteiger partial charge in [0, 0.05) is 22.3 Å². The second kappa shape index (κ2) is 10.7. The molecule has 0 saturated heterocycles. The number of sulfonamides is 2. The average molecular weight is 558 g/mol. The van der Waals surface area contributed by atoms with Crippen LogP contribution in [0.4, 0.5) is 11.4 Å². The van der Waals surface area contributed by atoms with E-state index in [4.69, 9.17) is 27.9 Å². The summed E-state index contributed by atoms with van der Waals surface area (Å²) in [6, 6.07) is 13.2. The van der Waals surface area contributed by atoms with Gasteiger partial charge in [-0.25, -0.2) is 16.8 Å². The van der Waals surface area contributed by atoms with Crippen LogP contribution in [0.25, 0.3) is 0 Å². The van der Waals surface area contributed by atoms with Crippen LogP contribution in [-0.4, -0.2) is 36.4 Å². The maximum atomic E-state index is 12.9. The lowest BCUT2D eigenvalue weighted by atomic mass is 10.2. The molecule has 3 rings (SSSR count). The molecule has 13 heteroatoms. The van der Waals surface area contributed by atoms with E-state index in [0.717, 1.165) is 0 Å². The molecule has 0 unspecified atom stereocenters. The SMILES string of the molecule is CCNC(=O)c1cc(S(=O)(=O)Nc2ccc(S(=O)(=O)Nc3cc(Cl)cc(Cl)c3)cc2)ccc1OC. The Balaban J connectivity index is 1.82. The van der Waals surface area contributed by atoms with Crippen LogP contribution >= 0.6 is 23.2 Å². The fourth-order valence-corrected chi connectivity index (χ4v) is 5.68. The van der Waals surface area contributed by atoms with E-state index in [-0.39, 0.29) is 42.5 Å². The van der Waals surface area contributed by atoms with Crippen LogP contribution < -0.4 is 19.5 Å². The molecule has 0 aliphatic carbocycles. The lowest BCUT2D eigenvalue weighted by Crippen LogP contribution is -2.24. The number of halogens is 2. The van der Waals surface area contributed by atoms with Gasteiger partial charge in [0.1, 0.15) is 5.75 Å². The van der Waals surface area contributed by atoms with Gasteiger partial charge < -0.3 is 10.1 Å². The number of ether oxygens (including phenoxy) is 1. The zero-order valence-electron chi connectivity index (χ0n) is 18.5. The summed E-state index contributed by atoms with van der Waals surface area (Å²) in [5.74, 6) is -0.262. The highest BCUT2D eigenvalue weighted by molar-refractivity contribution is 7.93. The Hall–Kier alpha value is -2.99. The number of amides is 1. The van der Waals surface area contributed by atoms with Crippen molar-refractivity contribution in [1.82, 2.24) is 5.32 Å². The molecule has 3 aromatic rings. The molecule has 0 aliphatic heterocycles. The average Bonchev–Trinajstić information content (AvgIpc) is 2.78. The monoisotopic (exact) mass is 557 g/mol. The molecule has 186 valence electrons. The molecule has 1 amide bonds. The normalized spacial score (nSPS) is 11.5. The minimum Gasteiger partial charge on any atom is -0.496 e. The van der Waals surface area contributed by atoms with Gasteiger partial charge in [-0.3, -0.25) is 14.2 Å². The van der Waals surface area contributed by atoms with Crippen LogP contribution in [0.5, 0.6) is 5.75 Å². The number of benzene rings is 3. The first kappa shape index (κ1) is 26.6. The van der Waals surface area contributed by atoms with Crippen molar-refractivity contribution in [3.8, 4) is 5.75 Å². The molecule has 0 atom stereocenters. The van der Waals surface area contributed by atoms with Crippen molar-refractivity contribution in [2.24, 2.45) is 0 Å². The fraction of sp³-hybridized carbons (Fsp3) is 0.136. The van der Waals surface area contributed by atoms with Crippen molar-refractivity contribution in [2.75, 3.05) is 23.1 Å². The minimum absolute atomic E-state index is 0.0610. The lowest BCUT2D eigenvalue weighted by molar-refractivity contribution is 0.0952. The summed E-state index contributed by atoms with van der Waals surface area (Å²) in [7, 11) is -6.72. The van der Waals surface area contributed by atoms with E-state index in [0.29, 0.717) is 6.54 Å². The van der Waals surface area contributed by atoms with Crippen LogP contribution in [0.1, 0.15) is 17.3 Å². The van der Waals surface area contributed by atoms with E-state index in [1.54, 1.807) is 6.92 Å². The van der Waals surface area contributed by atoms with Crippen molar-refractivity contribution in [2.45, 2.75) is 16.7 Å². The number of methoxy groups -OCH3 is 1. The number of hydrogen-bond donors (Lipinski definition) is 3. The maximum Gasteiger partial charge on any atom is 0.261 e. The zero-order chi connectivity index (χ0) is 25.8. The van der Waals surface area contributed by atoms with Gasteiger partial charge in [0.25, 0.3) is 26.0 Å². The summed E-state index contributed by atoms with van der Waals surface area (Å²) in [4.78, 5) is 12.0. The highest BCUT2D eigenvalue weighted by Gasteiger charge is 2.21. The summed E-state index contributed by atoms with van der Waals surface area (Å²) in [5, 5.41) is 3.11. The molecule has 0 saturated carbocycles. The molecular weight excluding hydrogens is 537 g/mol. The largest absolute Gasteiger partial charge is 0.496 e. The number of nitrogens with one attached hydrogen (secondary N) is 3. The third kappa shape index (κ3) is 6.57. The Morgan fingerprint density at radius 1 is 0.800 bits per heavy atom. The Labute approximate surface area is 213 Å². The number of anilines is 2. The highest BCUT2D eigenvalue weighted by Crippen LogP contribution is 2.27. The molecule has 3 aromatic carbocycles. The van der Waals surface area contributed by atoms with Gasteiger partial charge >= 0.3 is 0 Å². The van der Waals surface area contributed by atoms with E-state index in [2.05, 4.69) is 14.8 Å². The van der Waals surface area contributed by atoms with Gasteiger partial charge in [0.2, 0.25) is 0 Å². The van der Waals surface area contributed by atoms with Crippen LogP contribution in [-0.2, 0) is 20.0 Å². The van der Waals surface area contributed by atoms with Crippen molar-refractivity contribution >= 4 is 60.5 Å². The predicted octanol–water partition coefficient (Wildman–Crippen LogP) is 4.35. The second-order valence-corrected chi connectivity index (χ2v) is 11.4. The molecular formula is C22H21Cl2N3O6S2. The molecule has 35 heavy (non-hydrogen) atoms. The molecule has 9 nitrogen and oxygen atoms in total. The number of carbonyl (C=O) groups excluding carboxylic acids is 1. The van der Waals surface area contributed by atoms with Gasteiger partial charge in [-0.2, -0.15) is 0 Å². The summed E-state index contributed by atoms with van der Waals surface area (Å²) < 4.78 is 61.0. The summed E-state index contributed by atoms with van der Waals surface area (Å²) in [6.07, 6.45) is 0. The molecule has 0 aliphatic rings. The summed E-state index contributed by atoms with van der Waals surface area (Å²) in [5.41, 5.74) is 0.352. The lowest BCUT2D eigenvalue weighted by Gasteiger charge is -2.13. The zero-order valence-corrected chi connectivity index (χ0v) is 21.6. The van der Waals surface area contributed by atoms with Crippen LogP contribution in [0, 0.1) is 0 Å². The van der Waals surface area contributed by atoms with Gasteiger partial charge in [-0.1, -0.05) is 23.2 Å². The third-order valence-electron chi connectivity index (χ3n) is 4.59. The van der Waals surface area contributed by atoms with Crippen LogP contribution in [0.15, 0.2) is 70.5 Å². The first-order valence-corrected chi connectivity index (χ1v) is 13.8. The smallest absolute Gasteiger partial charge is 0.261 e. The fourth-order valence-electron chi connectivity index (χ4n) is 3.03. The van der Waals surface area contributed by atoms with Crippen LogP contribution in [0.2, 0.25) is 10.0 Å². The van der Waals surface area contributed by atoms with Gasteiger partial charge in [0.05, 0.1) is 28.2 Å². The quantitative estimate of drug-likeness (QED) is 0.358. The minimum atomic E-state index is -4.10. The Kier molecular flexibility index (Phi) is 8.16. The Morgan fingerprint density at radius 3 is 1.91 bits per heavy atom. The van der Waals surface area contributed by atoms with E-state index >= 15 is 0 Å². The van der Waals surface area contributed by atoms with Gasteiger partial charge in [-0.15, -0.1) is 0 Å². The second-order valence-electron chi connectivity index (χ2n) is 7.12. The molecule has 0 aromatic heterocycles. The van der Waals surface area contributed by atoms with Crippen molar-refractivity contribution < 1.29 is 26.4 Å². The number of carbonyl (C=O) groups is 1. The first-order chi connectivity index (χ1) is 16.4. The van der Waals surface area contributed by atoms with Crippen molar-refractivity contribution in [1.29, 1.82) is 0 Å². The topological polar surface area (TPSA) is 131 Å². The molecule has 0 heterocycles. The molecule has 0 fully saturated rings. The predicted molar refractivity (Wildman–Crippen MR) is 136 cm³/mol. The van der Waals surface area contributed by atoms with Gasteiger partial charge in [0.15, 0.2) is 0 Å². The van der Waals surface area contributed by atoms with E-state index in [1.807, 2.05) is 0 Å². The van der Waals surface area contributed by atoms with E-state index < -0.39 is 26.0 Å². The van der Waals surface area contributed by atoms with Crippen molar-refractivity contribution in [3.05, 3.63) is 76.3 Å². The maximum absolute atomic E-state index is 12.9. The van der Waals surface area contributed by atoms with E-state index in [1.165, 1.54) is 67.8 Å². The number of hydrogen-bond acceptors (Lipinski definition) is 6. The Morgan fingerprint density at radius 2 is 1.34 bits per heavy atom. The number of rotatable bonds is 9. The molecule has 3 N–H and O–H groups in total. The Bertz CT molecular complexity index is 1440. The van der Waals surface area contributed by atoms with Crippen LogP contribution in [0.3, 0.4) is 0 Å². The molecule has 0 radical (unpaired) electrons. The van der Waals surface area contributed by atoms with Crippen molar-refractivity contribution in [3.63, 3.8) is 0 Å². The standard InChI is InChI=1S/C22H21Cl2N3O6S2/c1-3-25-22(28)20-13-19(8-9-21(20)33-2)35(31,32)26-16-4-6-18(7-5-16)34(29,30)27-17-11-14(23)10-15(24)12-17/h4-13,26-27H,3H2,1-2H3,(H,25,28). The summed E-state index contributed by atoms with van der Waals surface area (Å²) >= 11 is 11.8. The highest BCUT2D eigenvalue weighted by atomic mass is 35.5. The molecule has 0 bridgehead atoms. The van der Waals surface area contributed by atoms with E-state index in [9.17, 15) is 21.6 Å². The molecule has 0 spiro atoms. The third-order valence-corrected chi connectivity index (χ3v) is 7.81.